The summed E-state index contributed by atoms with van der Waals surface area (Å²) >= 11 is 0. The van der Waals surface area contributed by atoms with E-state index in [9.17, 15) is 18.3 Å². The Morgan fingerprint density at radius 2 is 1.96 bits per heavy atom. The number of nitrogens with zero attached hydrogens (tertiary/aromatic N) is 1. The van der Waals surface area contributed by atoms with Gasteiger partial charge in [0.05, 0.1) is 17.3 Å². The van der Waals surface area contributed by atoms with Gasteiger partial charge >= 0.3 is 6.18 Å². The second-order valence-corrected chi connectivity index (χ2v) is 7.18. The molecule has 1 aromatic rings. The lowest BCUT2D eigenvalue weighted by Gasteiger charge is -2.28. The van der Waals surface area contributed by atoms with Crippen LogP contribution in [-0.4, -0.2) is 53.0 Å². The Balaban J connectivity index is 0.000000613. The molecule has 3 fully saturated rings. The molecule has 144 valence electrons. The molecular formula is C18H22F3NO4. The first-order valence-electron chi connectivity index (χ1n) is 8.58. The van der Waals surface area contributed by atoms with Crippen LogP contribution < -0.4 is 0 Å². The standard InChI is InChI=1S/C17H20F3NO2.CH2O2/c18-17(19,20)12-3-1-11(2-4-12)7-21-8-14-13(9-22)15-5-6-16(14,10-21)23-15;2-1-3/h1-4,13-15,22H,5-10H2;1H,(H,2,3)/t13-,14+,15+,16+;/m0./s1. The number of hydrogen-bond donors (Lipinski definition) is 2. The highest BCUT2D eigenvalue weighted by Gasteiger charge is 2.62. The van der Waals surface area contributed by atoms with E-state index in [1.807, 2.05) is 0 Å². The molecule has 8 heteroatoms. The molecule has 26 heavy (non-hydrogen) atoms. The fourth-order valence-electron chi connectivity index (χ4n) is 4.71. The molecule has 0 amide bonds. The third-order valence-electron chi connectivity index (χ3n) is 5.75. The number of benzene rings is 1. The van der Waals surface area contributed by atoms with E-state index < -0.39 is 11.7 Å². The first kappa shape index (κ1) is 19.1. The van der Waals surface area contributed by atoms with Gasteiger partial charge in [0, 0.05) is 38.1 Å². The van der Waals surface area contributed by atoms with Crippen molar-refractivity contribution in [3.63, 3.8) is 0 Å². The van der Waals surface area contributed by atoms with Crippen molar-refractivity contribution in [2.24, 2.45) is 11.8 Å². The van der Waals surface area contributed by atoms with Crippen molar-refractivity contribution in [3.05, 3.63) is 35.4 Å². The van der Waals surface area contributed by atoms with E-state index in [-0.39, 0.29) is 30.7 Å². The maximum atomic E-state index is 12.6. The summed E-state index contributed by atoms with van der Waals surface area (Å²) in [6.07, 6.45) is -2.06. The van der Waals surface area contributed by atoms with Crippen LogP contribution in [0.1, 0.15) is 24.0 Å². The fraction of sp³-hybridized carbons (Fsp3) is 0.611. The van der Waals surface area contributed by atoms with E-state index in [4.69, 9.17) is 14.6 Å². The Morgan fingerprint density at radius 1 is 1.31 bits per heavy atom. The summed E-state index contributed by atoms with van der Waals surface area (Å²) in [6.45, 7) is 2.20. The third-order valence-corrected chi connectivity index (χ3v) is 5.75. The van der Waals surface area contributed by atoms with Crippen LogP contribution in [0.4, 0.5) is 13.2 Å². The van der Waals surface area contributed by atoms with Crippen LogP contribution in [0.25, 0.3) is 0 Å². The summed E-state index contributed by atoms with van der Waals surface area (Å²) in [6, 6.07) is 5.39. The van der Waals surface area contributed by atoms with Crippen LogP contribution in [0.3, 0.4) is 0 Å². The average molecular weight is 373 g/mol. The number of likely N-dealkylation sites (tertiary alicyclic amines) is 1. The molecule has 3 aliphatic heterocycles. The molecular weight excluding hydrogens is 351 g/mol. The number of ether oxygens (including phenoxy) is 1. The van der Waals surface area contributed by atoms with Crippen LogP contribution in [0.2, 0.25) is 0 Å². The Bertz CT molecular complexity index is 636. The minimum absolute atomic E-state index is 0.135. The second kappa shape index (κ2) is 7.17. The molecule has 0 unspecified atom stereocenters. The number of hydrogen-bond acceptors (Lipinski definition) is 4. The van der Waals surface area contributed by atoms with Crippen LogP contribution in [0.15, 0.2) is 24.3 Å². The van der Waals surface area contributed by atoms with E-state index in [0.717, 1.165) is 43.6 Å². The van der Waals surface area contributed by atoms with Gasteiger partial charge in [0.25, 0.3) is 6.47 Å². The SMILES string of the molecule is O=CO.OC[C@H]1[C@H]2CN(Cc3ccc(C(F)(F)F)cc3)C[C@]23CC[C@H]1O3. The monoisotopic (exact) mass is 373 g/mol. The zero-order valence-corrected chi connectivity index (χ0v) is 14.2. The van der Waals surface area contributed by atoms with Gasteiger partial charge in [-0.05, 0) is 30.5 Å². The number of aliphatic hydroxyl groups excluding tert-OH is 1. The van der Waals surface area contributed by atoms with Crippen molar-refractivity contribution < 1.29 is 32.9 Å². The zero-order chi connectivity index (χ0) is 18.9. The maximum absolute atomic E-state index is 12.6. The van der Waals surface area contributed by atoms with Crippen LogP contribution >= 0.6 is 0 Å². The molecule has 0 aliphatic carbocycles. The minimum Gasteiger partial charge on any atom is -0.483 e. The molecule has 0 saturated carbocycles. The van der Waals surface area contributed by atoms with Gasteiger partial charge in [-0.2, -0.15) is 13.2 Å². The quantitative estimate of drug-likeness (QED) is 0.797. The number of alkyl halides is 3. The number of carboxylic acid groups (broad SMARTS) is 1. The van der Waals surface area contributed by atoms with Gasteiger partial charge in [0.15, 0.2) is 0 Å². The van der Waals surface area contributed by atoms with Crippen molar-refractivity contribution in [2.45, 2.75) is 37.3 Å². The normalized spacial score (nSPS) is 32.8. The molecule has 5 nitrogen and oxygen atoms in total. The number of aliphatic hydroxyl groups is 1. The smallest absolute Gasteiger partial charge is 0.416 e. The highest BCUT2D eigenvalue weighted by atomic mass is 19.4. The zero-order valence-electron chi connectivity index (χ0n) is 14.2. The Morgan fingerprint density at radius 3 is 2.54 bits per heavy atom. The fourth-order valence-corrected chi connectivity index (χ4v) is 4.71. The van der Waals surface area contributed by atoms with Gasteiger partial charge < -0.3 is 14.9 Å². The van der Waals surface area contributed by atoms with Crippen LogP contribution in [0, 0.1) is 11.8 Å². The first-order chi connectivity index (χ1) is 12.3. The molecule has 0 aromatic heterocycles. The van der Waals surface area contributed by atoms with Crippen molar-refractivity contribution in [1.82, 2.24) is 4.90 Å². The summed E-state index contributed by atoms with van der Waals surface area (Å²) < 4.78 is 44.0. The highest BCUT2D eigenvalue weighted by Crippen LogP contribution is 2.54. The van der Waals surface area contributed by atoms with E-state index in [0.29, 0.717) is 12.5 Å². The molecule has 3 heterocycles. The minimum atomic E-state index is -4.29. The van der Waals surface area contributed by atoms with Crippen LogP contribution in [0.5, 0.6) is 0 Å². The van der Waals surface area contributed by atoms with Crippen molar-refractivity contribution in [2.75, 3.05) is 19.7 Å². The van der Waals surface area contributed by atoms with Gasteiger partial charge in [-0.15, -0.1) is 0 Å². The molecule has 1 spiro atoms. The Labute approximate surface area is 149 Å². The van der Waals surface area contributed by atoms with E-state index in [1.54, 1.807) is 12.1 Å². The molecule has 2 N–H and O–H groups in total. The maximum Gasteiger partial charge on any atom is 0.416 e. The molecule has 1 aromatic carbocycles. The number of fused-ring (bicyclic) bond motifs is 1. The Hall–Kier alpha value is -1.64. The average Bonchev–Trinajstić information content (AvgIpc) is 3.22. The summed E-state index contributed by atoms with van der Waals surface area (Å²) in [4.78, 5) is 10.6. The molecule has 4 atom stereocenters. The first-order valence-corrected chi connectivity index (χ1v) is 8.58. The molecule has 3 aliphatic rings. The summed E-state index contributed by atoms with van der Waals surface area (Å²) in [5.41, 5.74) is 0.133. The van der Waals surface area contributed by atoms with E-state index >= 15 is 0 Å². The van der Waals surface area contributed by atoms with E-state index in [2.05, 4.69) is 4.90 Å². The molecule has 0 radical (unpaired) electrons. The van der Waals surface area contributed by atoms with Gasteiger partial charge in [0.1, 0.15) is 0 Å². The Kier molecular flexibility index (Phi) is 5.28. The summed E-state index contributed by atoms with van der Waals surface area (Å²) in [5, 5.41) is 16.5. The van der Waals surface area contributed by atoms with Crippen molar-refractivity contribution in [1.29, 1.82) is 0 Å². The predicted octanol–water partition coefficient (Wildman–Crippen LogP) is 2.38. The highest BCUT2D eigenvalue weighted by molar-refractivity contribution is 5.32. The van der Waals surface area contributed by atoms with Gasteiger partial charge in [0.2, 0.25) is 0 Å². The molecule has 3 saturated heterocycles. The van der Waals surface area contributed by atoms with Crippen molar-refractivity contribution >= 4 is 6.47 Å². The summed E-state index contributed by atoms with van der Waals surface area (Å²) in [5.74, 6) is 0.557. The van der Waals surface area contributed by atoms with Crippen molar-refractivity contribution in [3.8, 4) is 0 Å². The van der Waals surface area contributed by atoms with Gasteiger partial charge in [-0.25, -0.2) is 0 Å². The van der Waals surface area contributed by atoms with Gasteiger partial charge in [-0.3, -0.25) is 9.69 Å². The number of halogens is 3. The molecule has 4 rings (SSSR count). The number of carbonyl (C=O) groups is 1. The lowest BCUT2D eigenvalue weighted by Crippen LogP contribution is -2.37. The molecule has 2 bridgehead atoms. The topological polar surface area (TPSA) is 70.0 Å². The lowest BCUT2D eigenvalue weighted by molar-refractivity contribution is -0.137. The number of rotatable bonds is 3. The summed E-state index contributed by atoms with van der Waals surface area (Å²) in [7, 11) is 0. The van der Waals surface area contributed by atoms with E-state index in [1.165, 1.54) is 0 Å². The largest absolute Gasteiger partial charge is 0.483 e. The van der Waals surface area contributed by atoms with Gasteiger partial charge in [-0.1, -0.05) is 12.1 Å². The second-order valence-electron chi connectivity index (χ2n) is 7.18. The predicted molar refractivity (Wildman–Crippen MR) is 86.3 cm³/mol. The van der Waals surface area contributed by atoms with Crippen LogP contribution in [-0.2, 0) is 22.3 Å². The lowest BCUT2D eigenvalue weighted by atomic mass is 9.74. The third kappa shape index (κ3) is 3.45.